The highest BCUT2D eigenvalue weighted by atomic mass is 16.4. The van der Waals surface area contributed by atoms with Gasteiger partial charge in [0.2, 0.25) is 0 Å². The molecule has 0 saturated carbocycles. The summed E-state index contributed by atoms with van der Waals surface area (Å²) >= 11 is 0. The van der Waals surface area contributed by atoms with Gasteiger partial charge in [-0.1, -0.05) is 30.3 Å². The van der Waals surface area contributed by atoms with Crippen molar-refractivity contribution in [2.45, 2.75) is 19.4 Å². The van der Waals surface area contributed by atoms with Gasteiger partial charge in [-0.25, -0.2) is 9.31 Å². The lowest BCUT2D eigenvalue weighted by atomic mass is 10.1. The van der Waals surface area contributed by atoms with Gasteiger partial charge in [-0.2, -0.15) is 4.98 Å². The zero-order valence-electron chi connectivity index (χ0n) is 13.7. The Morgan fingerprint density at radius 2 is 1.88 bits per heavy atom. The number of fused-ring (bicyclic) bond motifs is 1. The van der Waals surface area contributed by atoms with E-state index >= 15 is 0 Å². The third kappa shape index (κ3) is 3.32. The summed E-state index contributed by atoms with van der Waals surface area (Å²) < 4.78 is 1.65. The van der Waals surface area contributed by atoms with Gasteiger partial charge in [0.15, 0.2) is 5.65 Å². The molecule has 2 N–H and O–H groups in total. The van der Waals surface area contributed by atoms with Crippen LogP contribution in [-0.4, -0.2) is 43.8 Å². The van der Waals surface area contributed by atoms with Gasteiger partial charge >= 0.3 is 6.09 Å². The van der Waals surface area contributed by atoms with Gasteiger partial charge in [-0.05, 0) is 43.6 Å². The monoisotopic (exact) mass is 337 g/mol. The number of carbonyl (C=O) groups is 1. The van der Waals surface area contributed by atoms with Gasteiger partial charge in [-0.15, -0.1) is 5.10 Å². The number of likely N-dealkylation sites (tertiary alicyclic amines) is 1. The smallest absolute Gasteiger partial charge is 0.411 e. The molecule has 25 heavy (non-hydrogen) atoms. The van der Waals surface area contributed by atoms with Gasteiger partial charge in [0.1, 0.15) is 0 Å². The van der Waals surface area contributed by atoms with Crippen molar-refractivity contribution in [2.24, 2.45) is 0 Å². The maximum atomic E-state index is 10.8. The second-order valence-corrected chi connectivity index (χ2v) is 6.23. The first-order valence-corrected chi connectivity index (χ1v) is 8.36. The van der Waals surface area contributed by atoms with Crippen LogP contribution in [0.3, 0.4) is 0 Å². The number of nitrogens with one attached hydrogen (secondary N) is 1. The fraction of sp³-hybridized carbons (Fsp3) is 0.278. The van der Waals surface area contributed by atoms with E-state index in [-0.39, 0.29) is 5.95 Å². The Morgan fingerprint density at radius 1 is 1.12 bits per heavy atom. The van der Waals surface area contributed by atoms with Crippen LogP contribution in [0.1, 0.15) is 18.4 Å². The molecule has 1 saturated heterocycles. The summed E-state index contributed by atoms with van der Waals surface area (Å²) in [4.78, 5) is 17.4. The van der Waals surface area contributed by atoms with E-state index in [4.69, 9.17) is 5.11 Å². The lowest BCUT2D eigenvalue weighted by molar-refractivity contribution is 0.209. The topological polar surface area (TPSA) is 82.8 Å². The summed E-state index contributed by atoms with van der Waals surface area (Å²) in [5.74, 6) is 0.0746. The Balaban J connectivity index is 1.62. The summed E-state index contributed by atoms with van der Waals surface area (Å²) in [6.07, 6.45) is 1.40. The molecule has 1 aliphatic heterocycles. The average molecular weight is 337 g/mol. The van der Waals surface area contributed by atoms with E-state index < -0.39 is 6.09 Å². The molecule has 0 spiro atoms. The molecule has 4 rings (SSSR count). The predicted octanol–water partition coefficient (Wildman–Crippen LogP) is 3.08. The van der Waals surface area contributed by atoms with Crippen LogP contribution in [0, 0.1) is 0 Å². The number of anilines is 1. The average Bonchev–Trinajstić information content (AvgIpc) is 3.23. The second-order valence-electron chi connectivity index (χ2n) is 6.23. The molecule has 0 radical (unpaired) electrons. The van der Waals surface area contributed by atoms with Gasteiger partial charge in [0.05, 0.1) is 5.69 Å². The van der Waals surface area contributed by atoms with Crippen molar-refractivity contribution in [3.63, 3.8) is 0 Å². The number of benzene rings is 1. The Kier molecular flexibility index (Phi) is 4.07. The van der Waals surface area contributed by atoms with Crippen LogP contribution in [-0.2, 0) is 6.54 Å². The normalized spacial score (nSPS) is 14.9. The Labute approximate surface area is 144 Å². The van der Waals surface area contributed by atoms with Crippen LogP contribution in [0.2, 0.25) is 0 Å². The highest BCUT2D eigenvalue weighted by molar-refractivity contribution is 5.80. The number of amides is 1. The number of carboxylic acid groups (broad SMARTS) is 1. The van der Waals surface area contributed by atoms with Crippen LogP contribution in [0.5, 0.6) is 0 Å². The molecule has 0 unspecified atom stereocenters. The van der Waals surface area contributed by atoms with E-state index in [0.29, 0.717) is 5.65 Å². The van der Waals surface area contributed by atoms with Crippen molar-refractivity contribution in [3.05, 3.63) is 48.0 Å². The molecule has 1 aromatic carbocycles. The van der Waals surface area contributed by atoms with Crippen molar-refractivity contribution in [2.75, 3.05) is 18.4 Å². The van der Waals surface area contributed by atoms with E-state index in [9.17, 15) is 4.79 Å². The van der Waals surface area contributed by atoms with Crippen molar-refractivity contribution >= 4 is 17.7 Å². The summed E-state index contributed by atoms with van der Waals surface area (Å²) in [6.45, 7) is 3.35. The third-order valence-electron chi connectivity index (χ3n) is 4.43. The quantitative estimate of drug-likeness (QED) is 0.764. The highest BCUT2D eigenvalue weighted by Crippen LogP contribution is 2.22. The van der Waals surface area contributed by atoms with Gasteiger partial charge in [-0.3, -0.25) is 10.2 Å². The van der Waals surface area contributed by atoms with E-state index in [0.717, 1.165) is 17.8 Å². The first kappa shape index (κ1) is 15.6. The van der Waals surface area contributed by atoms with Gasteiger partial charge in [0.25, 0.3) is 5.95 Å². The van der Waals surface area contributed by atoms with Crippen molar-refractivity contribution < 1.29 is 9.90 Å². The molecule has 3 aromatic rings. The molecule has 0 bridgehead atoms. The minimum Gasteiger partial charge on any atom is -0.465 e. The van der Waals surface area contributed by atoms with Crippen LogP contribution < -0.4 is 5.32 Å². The standard InChI is InChI=1S/C18H19N5O2/c24-18(25)20-17-19-16-5-3-4-15(23(16)21-17)14-8-6-13(7-9-14)12-22-10-1-2-11-22/h3-9H,1-2,10-12H2,(H,20,21)(H,24,25). The molecule has 3 heterocycles. The third-order valence-corrected chi connectivity index (χ3v) is 4.43. The number of hydrogen-bond acceptors (Lipinski definition) is 4. The summed E-state index contributed by atoms with van der Waals surface area (Å²) in [7, 11) is 0. The minimum atomic E-state index is -1.18. The van der Waals surface area contributed by atoms with E-state index in [1.54, 1.807) is 10.6 Å². The van der Waals surface area contributed by atoms with Crippen LogP contribution in [0.15, 0.2) is 42.5 Å². The molecule has 1 fully saturated rings. The van der Waals surface area contributed by atoms with E-state index in [2.05, 4.69) is 44.6 Å². The zero-order chi connectivity index (χ0) is 17.2. The number of pyridine rings is 1. The largest absolute Gasteiger partial charge is 0.465 e. The maximum Gasteiger partial charge on any atom is 0.411 e. The fourth-order valence-electron chi connectivity index (χ4n) is 3.25. The lowest BCUT2D eigenvalue weighted by Crippen LogP contribution is -2.18. The highest BCUT2D eigenvalue weighted by Gasteiger charge is 2.13. The molecule has 128 valence electrons. The number of hydrogen-bond donors (Lipinski definition) is 2. The fourth-order valence-corrected chi connectivity index (χ4v) is 3.25. The second kappa shape index (κ2) is 6.52. The Hall–Kier alpha value is -2.93. The summed E-state index contributed by atoms with van der Waals surface area (Å²) in [5.41, 5.74) is 3.78. The summed E-state index contributed by atoms with van der Waals surface area (Å²) in [6, 6.07) is 14.1. The van der Waals surface area contributed by atoms with Crippen LogP contribution >= 0.6 is 0 Å². The molecule has 0 atom stereocenters. The molecule has 7 heteroatoms. The maximum absolute atomic E-state index is 10.8. The molecule has 2 aromatic heterocycles. The van der Waals surface area contributed by atoms with Crippen molar-refractivity contribution in [3.8, 4) is 11.3 Å². The molecule has 1 amide bonds. The Morgan fingerprint density at radius 3 is 2.60 bits per heavy atom. The number of rotatable bonds is 4. The minimum absolute atomic E-state index is 0.0746. The molecule has 0 aliphatic carbocycles. The Bertz CT molecular complexity index is 897. The van der Waals surface area contributed by atoms with Crippen molar-refractivity contribution in [1.29, 1.82) is 0 Å². The molecule has 1 aliphatic rings. The first-order chi connectivity index (χ1) is 12.2. The van der Waals surface area contributed by atoms with Crippen LogP contribution in [0.4, 0.5) is 10.7 Å². The number of nitrogens with zero attached hydrogens (tertiary/aromatic N) is 4. The van der Waals surface area contributed by atoms with Gasteiger partial charge < -0.3 is 5.11 Å². The van der Waals surface area contributed by atoms with E-state index in [1.165, 1.54) is 31.5 Å². The summed E-state index contributed by atoms with van der Waals surface area (Å²) in [5, 5.41) is 15.3. The SMILES string of the molecule is O=C(O)Nc1nc2cccc(-c3ccc(CN4CCCC4)cc3)n2n1. The predicted molar refractivity (Wildman–Crippen MR) is 94.6 cm³/mol. The first-order valence-electron chi connectivity index (χ1n) is 8.36. The molecule has 7 nitrogen and oxygen atoms in total. The van der Waals surface area contributed by atoms with Gasteiger partial charge in [0, 0.05) is 12.1 Å². The number of aromatic nitrogens is 3. The lowest BCUT2D eigenvalue weighted by Gasteiger charge is -2.14. The molecular formula is C18H19N5O2. The van der Waals surface area contributed by atoms with E-state index in [1.807, 2.05) is 12.1 Å². The van der Waals surface area contributed by atoms with Crippen molar-refractivity contribution in [1.82, 2.24) is 19.5 Å². The van der Waals surface area contributed by atoms with Crippen LogP contribution in [0.25, 0.3) is 16.9 Å². The zero-order valence-corrected chi connectivity index (χ0v) is 13.7. The molecular weight excluding hydrogens is 318 g/mol.